The van der Waals surface area contributed by atoms with Gasteiger partial charge in [-0.25, -0.2) is 0 Å². The van der Waals surface area contributed by atoms with Crippen LogP contribution in [0.5, 0.6) is 0 Å². The monoisotopic (exact) mass is 454 g/mol. The molecule has 7 heteroatoms. The molecule has 5 atom stereocenters. The maximum absolute atomic E-state index is 13.4. The number of hydrogen-bond donors (Lipinski definition) is 1. The first kappa shape index (κ1) is 20.3. The number of halogens is 2. The van der Waals surface area contributed by atoms with Crippen LogP contribution >= 0.6 is 23.2 Å². The number of carbonyl (C=O) groups is 3. The lowest BCUT2D eigenvalue weighted by atomic mass is 9.85. The van der Waals surface area contributed by atoms with Crippen molar-refractivity contribution in [2.45, 2.75) is 18.9 Å². The van der Waals surface area contributed by atoms with Crippen molar-refractivity contribution in [3.05, 3.63) is 76.3 Å². The number of nitrogens with one attached hydrogen (secondary N) is 1. The van der Waals surface area contributed by atoms with Crippen LogP contribution in [0, 0.1) is 23.7 Å². The fraction of sp³-hybridized carbons (Fsp3) is 0.292. The van der Waals surface area contributed by atoms with E-state index in [1.807, 2.05) is 0 Å². The van der Waals surface area contributed by atoms with Gasteiger partial charge in [0.1, 0.15) is 0 Å². The van der Waals surface area contributed by atoms with Gasteiger partial charge in [0.15, 0.2) is 0 Å². The van der Waals surface area contributed by atoms with E-state index >= 15 is 0 Å². The zero-order chi connectivity index (χ0) is 21.7. The zero-order valence-electron chi connectivity index (χ0n) is 16.5. The molecule has 2 aromatic carbocycles. The number of allylic oxidation sites excluding steroid dienone is 2. The minimum atomic E-state index is -0.712. The summed E-state index contributed by atoms with van der Waals surface area (Å²) in [5, 5.41) is 3.88. The van der Waals surface area contributed by atoms with Crippen LogP contribution in [0.1, 0.15) is 24.4 Å². The van der Waals surface area contributed by atoms with Crippen LogP contribution in [0.2, 0.25) is 10.0 Å². The fourth-order valence-electron chi connectivity index (χ4n) is 5.23. The summed E-state index contributed by atoms with van der Waals surface area (Å²) in [5.74, 6) is -1.08. The molecule has 2 fully saturated rings. The number of likely N-dealkylation sites (tertiary alicyclic amines) is 1. The highest BCUT2D eigenvalue weighted by molar-refractivity contribution is 6.31. The molecule has 5 rings (SSSR count). The molecule has 1 saturated carbocycles. The van der Waals surface area contributed by atoms with Crippen molar-refractivity contribution in [1.29, 1.82) is 0 Å². The Kier molecular flexibility index (Phi) is 5.11. The molecule has 5 nitrogen and oxygen atoms in total. The van der Waals surface area contributed by atoms with Gasteiger partial charge in [-0.1, -0.05) is 47.5 Å². The summed E-state index contributed by atoms with van der Waals surface area (Å²) in [6.45, 7) is 0. The first-order chi connectivity index (χ1) is 14.9. The third-order valence-electron chi connectivity index (χ3n) is 6.56. The van der Waals surface area contributed by atoms with Gasteiger partial charge in [0.2, 0.25) is 17.7 Å². The van der Waals surface area contributed by atoms with Crippen molar-refractivity contribution in [3.8, 4) is 0 Å². The predicted octanol–water partition coefficient (Wildman–Crippen LogP) is 4.87. The highest BCUT2D eigenvalue weighted by Crippen LogP contribution is 2.54. The van der Waals surface area contributed by atoms with Crippen LogP contribution in [0.15, 0.2) is 60.7 Å². The van der Waals surface area contributed by atoms with Gasteiger partial charge in [-0.15, -0.1) is 0 Å². The van der Waals surface area contributed by atoms with Crippen LogP contribution in [0.3, 0.4) is 0 Å². The standard InChI is InChI=1S/C24H20Cl2N2O3/c25-16-6-8-18(9-7-16)27-20(29)12-19(13-2-1-3-17(26)11-13)28-23(30)21-14-4-5-15(10-14)22(21)24(28)31/h1-9,11,14-15,19,21-22H,10,12H2,(H,27,29). The lowest BCUT2D eigenvalue weighted by Crippen LogP contribution is -2.38. The molecule has 2 aliphatic carbocycles. The van der Waals surface area contributed by atoms with Gasteiger partial charge in [-0.2, -0.15) is 0 Å². The molecule has 1 N–H and O–H groups in total. The summed E-state index contributed by atoms with van der Waals surface area (Å²) in [7, 11) is 0. The second-order valence-corrected chi connectivity index (χ2v) is 9.25. The maximum Gasteiger partial charge on any atom is 0.234 e. The molecule has 2 aromatic rings. The van der Waals surface area contributed by atoms with E-state index in [9.17, 15) is 14.4 Å². The van der Waals surface area contributed by atoms with Gasteiger partial charge in [-0.3, -0.25) is 19.3 Å². The number of carbonyl (C=O) groups excluding carboxylic acids is 3. The van der Waals surface area contributed by atoms with E-state index in [0.717, 1.165) is 6.42 Å². The Hall–Kier alpha value is -2.63. The molecule has 158 valence electrons. The smallest absolute Gasteiger partial charge is 0.234 e. The van der Waals surface area contributed by atoms with Gasteiger partial charge in [0, 0.05) is 15.7 Å². The van der Waals surface area contributed by atoms with Crippen LogP contribution < -0.4 is 5.32 Å². The van der Waals surface area contributed by atoms with Crippen LogP contribution in [-0.4, -0.2) is 22.6 Å². The third kappa shape index (κ3) is 3.56. The van der Waals surface area contributed by atoms with Crippen molar-refractivity contribution in [3.63, 3.8) is 0 Å². The number of imide groups is 1. The van der Waals surface area contributed by atoms with Gasteiger partial charge in [0.05, 0.1) is 24.3 Å². The van der Waals surface area contributed by atoms with Crippen molar-refractivity contribution in [2.24, 2.45) is 23.7 Å². The second-order valence-electron chi connectivity index (χ2n) is 8.38. The zero-order valence-corrected chi connectivity index (χ0v) is 18.0. The number of hydrogen-bond acceptors (Lipinski definition) is 3. The Bertz CT molecular complexity index is 1070. The summed E-state index contributed by atoms with van der Waals surface area (Å²) in [4.78, 5) is 40.9. The minimum Gasteiger partial charge on any atom is -0.326 e. The highest BCUT2D eigenvalue weighted by Gasteiger charge is 2.60. The topological polar surface area (TPSA) is 66.5 Å². The number of anilines is 1. The average molecular weight is 455 g/mol. The van der Waals surface area contributed by atoms with Gasteiger partial charge in [-0.05, 0) is 60.2 Å². The number of nitrogens with zero attached hydrogens (tertiary/aromatic N) is 1. The van der Waals surface area contributed by atoms with E-state index in [4.69, 9.17) is 23.2 Å². The summed E-state index contributed by atoms with van der Waals surface area (Å²) < 4.78 is 0. The first-order valence-corrected chi connectivity index (χ1v) is 11.0. The largest absolute Gasteiger partial charge is 0.326 e. The highest BCUT2D eigenvalue weighted by atomic mass is 35.5. The van der Waals surface area contributed by atoms with Gasteiger partial charge >= 0.3 is 0 Å². The molecule has 2 bridgehead atoms. The molecule has 0 radical (unpaired) electrons. The molecule has 1 aliphatic heterocycles. The Morgan fingerprint density at radius 2 is 1.61 bits per heavy atom. The molecule has 3 aliphatic rings. The number of rotatable bonds is 5. The summed E-state index contributed by atoms with van der Waals surface area (Å²) in [6, 6.07) is 13.1. The second kappa shape index (κ2) is 7.81. The third-order valence-corrected chi connectivity index (χ3v) is 7.04. The SMILES string of the molecule is O=C(CC(c1cccc(Cl)c1)N1C(=O)C2C3C=CC(C3)C2C1=O)Nc1ccc(Cl)cc1. The van der Waals surface area contributed by atoms with Crippen molar-refractivity contribution >= 4 is 46.6 Å². The van der Waals surface area contributed by atoms with E-state index in [0.29, 0.717) is 21.3 Å². The molecule has 0 spiro atoms. The normalized spacial score (nSPS) is 27.0. The maximum atomic E-state index is 13.4. The molecular weight excluding hydrogens is 435 g/mol. The van der Waals surface area contributed by atoms with Crippen LogP contribution in [0.4, 0.5) is 5.69 Å². The Morgan fingerprint density at radius 1 is 0.968 bits per heavy atom. The van der Waals surface area contributed by atoms with E-state index in [2.05, 4.69) is 17.5 Å². The summed E-state index contributed by atoms with van der Waals surface area (Å²) in [6.07, 6.45) is 4.92. The Morgan fingerprint density at radius 3 is 2.23 bits per heavy atom. The summed E-state index contributed by atoms with van der Waals surface area (Å²) in [5.41, 5.74) is 1.26. The number of benzene rings is 2. The number of amides is 3. The first-order valence-electron chi connectivity index (χ1n) is 10.3. The summed E-state index contributed by atoms with van der Waals surface area (Å²) >= 11 is 12.1. The van der Waals surface area contributed by atoms with E-state index in [1.165, 1.54) is 4.90 Å². The molecular formula is C24H20Cl2N2O3. The predicted molar refractivity (Wildman–Crippen MR) is 118 cm³/mol. The lowest BCUT2D eigenvalue weighted by molar-refractivity contribution is -0.144. The lowest BCUT2D eigenvalue weighted by Gasteiger charge is -2.28. The Balaban J connectivity index is 1.44. The van der Waals surface area contributed by atoms with Crippen molar-refractivity contribution in [2.75, 3.05) is 5.32 Å². The fourth-order valence-corrected chi connectivity index (χ4v) is 5.55. The minimum absolute atomic E-state index is 0.0529. The Labute approximate surface area is 190 Å². The average Bonchev–Trinajstić information content (AvgIpc) is 3.42. The van der Waals surface area contributed by atoms with E-state index < -0.39 is 6.04 Å². The quantitative estimate of drug-likeness (QED) is 0.517. The van der Waals surface area contributed by atoms with Crippen molar-refractivity contribution < 1.29 is 14.4 Å². The van der Waals surface area contributed by atoms with Gasteiger partial charge in [0.25, 0.3) is 0 Å². The molecule has 31 heavy (non-hydrogen) atoms. The molecule has 1 saturated heterocycles. The van der Waals surface area contributed by atoms with Gasteiger partial charge < -0.3 is 5.32 Å². The number of fused-ring (bicyclic) bond motifs is 5. The van der Waals surface area contributed by atoms with Crippen LogP contribution in [-0.2, 0) is 14.4 Å². The van der Waals surface area contributed by atoms with E-state index in [-0.39, 0.29) is 47.8 Å². The molecule has 5 unspecified atom stereocenters. The van der Waals surface area contributed by atoms with E-state index in [1.54, 1.807) is 48.5 Å². The van der Waals surface area contributed by atoms with Crippen LogP contribution in [0.25, 0.3) is 0 Å². The molecule has 3 amide bonds. The molecule has 1 heterocycles. The van der Waals surface area contributed by atoms with Crippen molar-refractivity contribution in [1.82, 2.24) is 4.90 Å². The molecule has 0 aromatic heterocycles.